The summed E-state index contributed by atoms with van der Waals surface area (Å²) in [6.07, 6.45) is 5.09. The summed E-state index contributed by atoms with van der Waals surface area (Å²) in [5.74, 6) is 2.43. The van der Waals surface area contributed by atoms with Gasteiger partial charge >= 0.3 is 0 Å². The molecule has 0 aliphatic heterocycles. The monoisotopic (exact) mass is 396 g/mol. The first-order valence-corrected chi connectivity index (χ1v) is 11.1. The van der Waals surface area contributed by atoms with Crippen molar-refractivity contribution in [1.29, 1.82) is 0 Å². The zero-order valence-corrected chi connectivity index (χ0v) is 17.8. The normalized spacial score (nSPS) is 16.3. The molecule has 0 saturated carbocycles. The second-order valence-electron chi connectivity index (χ2n) is 8.02. The molecule has 28 heavy (non-hydrogen) atoms. The summed E-state index contributed by atoms with van der Waals surface area (Å²) >= 11 is 1.73. The first-order valence-electron chi connectivity index (χ1n) is 10.2. The van der Waals surface area contributed by atoms with E-state index in [4.69, 9.17) is 9.72 Å². The predicted molar refractivity (Wildman–Crippen MR) is 116 cm³/mol. The van der Waals surface area contributed by atoms with Crippen LogP contribution in [0.4, 0.5) is 0 Å². The van der Waals surface area contributed by atoms with Crippen molar-refractivity contribution in [3.63, 3.8) is 0 Å². The molecule has 2 aromatic heterocycles. The summed E-state index contributed by atoms with van der Waals surface area (Å²) in [7, 11) is 0. The summed E-state index contributed by atoms with van der Waals surface area (Å²) in [4.78, 5) is 20.3. The average Bonchev–Trinajstić information content (AvgIpc) is 3.02. The number of unbranched alkanes of at least 4 members (excludes halogenated alkanes) is 1. The van der Waals surface area contributed by atoms with Gasteiger partial charge in [-0.05, 0) is 69.6 Å². The lowest BCUT2D eigenvalue weighted by atomic mass is 9.89. The minimum absolute atomic E-state index is 0.147. The standard InChI is InChI=1S/C23H28N2O2S/c1-15-6-9-18(10-7-15)27-13-5-4-12-25-17(3)24-22-21(23(25)26)19-11-8-16(2)14-20(19)28-22/h6-7,9-10,16H,4-5,8,11-14H2,1-3H3. The molecule has 0 spiro atoms. The van der Waals surface area contributed by atoms with Crippen LogP contribution in [0.1, 0.15) is 48.0 Å². The molecule has 5 heteroatoms. The maximum Gasteiger partial charge on any atom is 0.262 e. The Morgan fingerprint density at radius 1 is 1.21 bits per heavy atom. The fourth-order valence-corrected chi connectivity index (χ4v) is 5.40. The Kier molecular flexibility index (Phi) is 5.54. The van der Waals surface area contributed by atoms with E-state index in [1.807, 2.05) is 23.6 Å². The van der Waals surface area contributed by atoms with Crippen LogP contribution in [0.3, 0.4) is 0 Å². The van der Waals surface area contributed by atoms with Crippen LogP contribution in [-0.2, 0) is 19.4 Å². The molecule has 0 bridgehead atoms. The highest BCUT2D eigenvalue weighted by atomic mass is 32.1. The quantitative estimate of drug-likeness (QED) is 0.547. The largest absolute Gasteiger partial charge is 0.494 e. The maximum absolute atomic E-state index is 13.2. The van der Waals surface area contributed by atoms with Gasteiger partial charge in [0, 0.05) is 11.4 Å². The first-order chi connectivity index (χ1) is 13.5. The number of nitrogens with zero attached hydrogens (tertiary/aromatic N) is 2. The van der Waals surface area contributed by atoms with Crippen molar-refractivity contribution >= 4 is 21.6 Å². The van der Waals surface area contributed by atoms with E-state index in [9.17, 15) is 4.79 Å². The van der Waals surface area contributed by atoms with Crippen molar-refractivity contribution in [3.8, 4) is 5.75 Å². The SMILES string of the molecule is Cc1ccc(OCCCCn2c(C)nc3sc4c(c3c2=O)CCC(C)C4)cc1. The molecule has 2 heterocycles. The number of ether oxygens (including phenoxy) is 1. The molecule has 0 fully saturated rings. The van der Waals surface area contributed by atoms with Gasteiger partial charge in [0.15, 0.2) is 0 Å². The van der Waals surface area contributed by atoms with E-state index in [1.165, 1.54) is 22.4 Å². The van der Waals surface area contributed by atoms with E-state index in [0.29, 0.717) is 19.1 Å². The van der Waals surface area contributed by atoms with Crippen LogP contribution in [0.2, 0.25) is 0 Å². The van der Waals surface area contributed by atoms with Gasteiger partial charge in [-0.15, -0.1) is 11.3 Å². The van der Waals surface area contributed by atoms with Gasteiger partial charge in [-0.25, -0.2) is 4.98 Å². The van der Waals surface area contributed by atoms with Crippen molar-refractivity contribution < 1.29 is 4.74 Å². The molecule has 1 unspecified atom stereocenters. The van der Waals surface area contributed by atoms with Crippen molar-refractivity contribution in [2.75, 3.05) is 6.61 Å². The summed E-state index contributed by atoms with van der Waals surface area (Å²) in [5.41, 5.74) is 2.65. The molecule has 4 rings (SSSR count). The van der Waals surface area contributed by atoms with Gasteiger partial charge in [-0.1, -0.05) is 24.6 Å². The number of thiophene rings is 1. The first kappa shape index (κ1) is 19.2. The molecule has 3 aromatic rings. The van der Waals surface area contributed by atoms with Gasteiger partial charge in [0.05, 0.1) is 12.0 Å². The molecule has 1 atom stereocenters. The Morgan fingerprint density at radius 3 is 2.79 bits per heavy atom. The highest BCUT2D eigenvalue weighted by molar-refractivity contribution is 7.18. The zero-order chi connectivity index (χ0) is 19.7. The summed E-state index contributed by atoms with van der Waals surface area (Å²) < 4.78 is 7.66. The van der Waals surface area contributed by atoms with Gasteiger partial charge in [0.25, 0.3) is 5.56 Å². The summed E-state index contributed by atoms with van der Waals surface area (Å²) in [6, 6.07) is 8.12. The Bertz CT molecular complexity index is 1030. The van der Waals surface area contributed by atoms with Crippen LogP contribution in [0.5, 0.6) is 5.75 Å². The Hall–Kier alpha value is -2.14. The van der Waals surface area contributed by atoms with Gasteiger partial charge in [0.1, 0.15) is 16.4 Å². The molecule has 0 N–H and O–H groups in total. The number of hydrogen-bond acceptors (Lipinski definition) is 4. The number of benzene rings is 1. The third-order valence-electron chi connectivity index (χ3n) is 5.67. The maximum atomic E-state index is 13.2. The van der Waals surface area contributed by atoms with Crippen LogP contribution in [-0.4, -0.2) is 16.2 Å². The van der Waals surface area contributed by atoms with Gasteiger partial charge in [-0.2, -0.15) is 0 Å². The van der Waals surface area contributed by atoms with Crippen molar-refractivity contribution in [2.24, 2.45) is 5.92 Å². The molecule has 0 radical (unpaired) electrons. The lowest BCUT2D eigenvalue weighted by molar-refractivity contribution is 0.302. The topological polar surface area (TPSA) is 44.1 Å². The number of fused-ring (bicyclic) bond motifs is 3. The summed E-state index contributed by atoms with van der Waals surface area (Å²) in [6.45, 7) is 7.68. The fraction of sp³-hybridized carbons (Fsp3) is 0.478. The van der Waals surface area contributed by atoms with Crippen LogP contribution < -0.4 is 10.3 Å². The second kappa shape index (κ2) is 8.08. The summed E-state index contributed by atoms with van der Waals surface area (Å²) in [5, 5.41) is 0.883. The Labute approximate surface area is 170 Å². The highest BCUT2D eigenvalue weighted by Gasteiger charge is 2.23. The van der Waals surface area contributed by atoms with Gasteiger partial charge in [-0.3, -0.25) is 9.36 Å². The molecule has 148 valence electrons. The molecule has 4 nitrogen and oxygen atoms in total. The molecular formula is C23H28N2O2S. The van der Waals surface area contributed by atoms with Gasteiger partial charge < -0.3 is 4.74 Å². The Morgan fingerprint density at radius 2 is 2.00 bits per heavy atom. The molecular weight excluding hydrogens is 368 g/mol. The highest BCUT2D eigenvalue weighted by Crippen LogP contribution is 2.35. The lowest BCUT2D eigenvalue weighted by Gasteiger charge is -2.17. The lowest BCUT2D eigenvalue weighted by Crippen LogP contribution is -2.24. The van der Waals surface area contributed by atoms with Crippen LogP contribution in [0.15, 0.2) is 29.1 Å². The minimum atomic E-state index is 0.147. The van der Waals surface area contributed by atoms with E-state index >= 15 is 0 Å². The van der Waals surface area contributed by atoms with E-state index in [1.54, 1.807) is 11.3 Å². The third-order valence-corrected chi connectivity index (χ3v) is 6.82. The van der Waals surface area contributed by atoms with Crippen LogP contribution >= 0.6 is 11.3 Å². The van der Waals surface area contributed by atoms with E-state index < -0.39 is 0 Å². The molecule has 0 saturated heterocycles. The van der Waals surface area contributed by atoms with Crippen LogP contribution in [0, 0.1) is 19.8 Å². The van der Waals surface area contributed by atoms with Crippen molar-refractivity contribution in [3.05, 3.63) is 56.4 Å². The van der Waals surface area contributed by atoms with Crippen molar-refractivity contribution in [1.82, 2.24) is 9.55 Å². The Balaban J connectivity index is 1.43. The minimum Gasteiger partial charge on any atom is -0.494 e. The molecule has 0 amide bonds. The van der Waals surface area contributed by atoms with Gasteiger partial charge in [0.2, 0.25) is 0 Å². The number of rotatable bonds is 6. The third kappa shape index (κ3) is 3.86. The van der Waals surface area contributed by atoms with E-state index in [2.05, 4.69) is 26.0 Å². The molecule has 1 aliphatic rings. The molecule has 1 aliphatic carbocycles. The van der Waals surface area contributed by atoms with E-state index in [0.717, 1.165) is 47.5 Å². The zero-order valence-electron chi connectivity index (χ0n) is 17.0. The number of aromatic nitrogens is 2. The predicted octanol–water partition coefficient (Wildman–Crippen LogP) is 5.06. The second-order valence-corrected chi connectivity index (χ2v) is 9.10. The molecule has 1 aromatic carbocycles. The van der Waals surface area contributed by atoms with Crippen LogP contribution in [0.25, 0.3) is 10.2 Å². The fourth-order valence-electron chi connectivity index (χ4n) is 3.98. The number of hydrogen-bond donors (Lipinski definition) is 0. The average molecular weight is 397 g/mol. The number of aryl methyl sites for hydroxylation is 3. The smallest absolute Gasteiger partial charge is 0.262 e. The van der Waals surface area contributed by atoms with E-state index in [-0.39, 0.29) is 5.56 Å². The van der Waals surface area contributed by atoms with Crippen molar-refractivity contribution in [2.45, 2.75) is 59.4 Å².